The molecule has 188 valence electrons. The van der Waals surface area contributed by atoms with Gasteiger partial charge in [0.2, 0.25) is 5.56 Å². The predicted molar refractivity (Wildman–Crippen MR) is 146 cm³/mol. The van der Waals surface area contributed by atoms with E-state index in [1.807, 2.05) is 0 Å². The zero-order valence-electron chi connectivity index (χ0n) is 20.1. The van der Waals surface area contributed by atoms with E-state index in [2.05, 4.69) is 62.6 Å². The summed E-state index contributed by atoms with van der Waals surface area (Å²) in [5.74, 6) is 0. The number of nitrogens with one attached hydrogen (secondary N) is 2. The molecule has 0 spiro atoms. The molecule has 7 nitrogen and oxygen atoms in total. The minimum Gasteiger partial charge on any atom is -0.384 e. The molecular formula is C27H30N4O3S2. The summed E-state index contributed by atoms with van der Waals surface area (Å²) >= 11 is 3.58. The molecule has 4 heterocycles. The standard InChI is InChI=1S/C27H30N4O3S2/c32-26-18-20(31-10-14-34-15-11-31)17-22(29-26)21-2-1-3-24-27(21)36-23-5-4-19(16-25(23)35-24)28-6-7-30-8-12-33-13-9-30/h1-5,16-18,28H,6-15H2,(H,29,32). The van der Waals surface area contributed by atoms with Crippen LogP contribution in [0.3, 0.4) is 0 Å². The van der Waals surface area contributed by atoms with Crippen molar-refractivity contribution in [2.45, 2.75) is 19.6 Å². The van der Waals surface area contributed by atoms with Crippen LogP contribution in [0.5, 0.6) is 0 Å². The molecule has 0 bridgehead atoms. The van der Waals surface area contributed by atoms with Crippen molar-refractivity contribution in [2.24, 2.45) is 0 Å². The van der Waals surface area contributed by atoms with Crippen molar-refractivity contribution in [1.29, 1.82) is 0 Å². The summed E-state index contributed by atoms with van der Waals surface area (Å²) < 4.78 is 10.9. The van der Waals surface area contributed by atoms with E-state index in [1.165, 1.54) is 19.6 Å². The smallest absolute Gasteiger partial charge is 0.250 e. The first-order chi connectivity index (χ1) is 17.7. The Labute approximate surface area is 219 Å². The Morgan fingerprint density at radius 1 is 0.861 bits per heavy atom. The second-order valence-electron chi connectivity index (χ2n) is 9.10. The first-order valence-corrected chi connectivity index (χ1v) is 14.1. The number of aromatic nitrogens is 1. The van der Waals surface area contributed by atoms with Gasteiger partial charge in [0, 0.05) is 81.9 Å². The molecular weight excluding hydrogens is 492 g/mol. The van der Waals surface area contributed by atoms with Crippen LogP contribution >= 0.6 is 23.5 Å². The second kappa shape index (κ2) is 10.9. The Morgan fingerprint density at radius 3 is 2.50 bits per heavy atom. The van der Waals surface area contributed by atoms with Crippen molar-refractivity contribution in [1.82, 2.24) is 9.88 Å². The molecule has 3 aromatic rings. The van der Waals surface area contributed by atoms with Crippen molar-refractivity contribution < 1.29 is 9.47 Å². The number of H-pyrrole nitrogens is 1. The SMILES string of the molecule is O=c1cc(N2CCOCC2)cc(-c2cccc3c2Sc2ccc(NCCN4CCOCC4)cc2S3)[nH]1. The molecule has 0 unspecified atom stereocenters. The van der Waals surface area contributed by atoms with Gasteiger partial charge in [-0.05, 0) is 30.3 Å². The Morgan fingerprint density at radius 2 is 1.67 bits per heavy atom. The summed E-state index contributed by atoms with van der Waals surface area (Å²) in [5, 5.41) is 3.59. The molecule has 2 aromatic carbocycles. The monoisotopic (exact) mass is 522 g/mol. The zero-order valence-corrected chi connectivity index (χ0v) is 21.8. The molecule has 0 saturated carbocycles. The number of anilines is 2. The van der Waals surface area contributed by atoms with E-state index >= 15 is 0 Å². The maximum absolute atomic E-state index is 12.6. The normalized spacial score (nSPS) is 17.9. The van der Waals surface area contributed by atoms with Gasteiger partial charge in [0.1, 0.15) is 0 Å². The van der Waals surface area contributed by atoms with Gasteiger partial charge in [-0.15, -0.1) is 0 Å². The van der Waals surface area contributed by atoms with E-state index in [1.54, 1.807) is 29.6 Å². The van der Waals surface area contributed by atoms with Crippen LogP contribution in [-0.2, 0) is 9.47 Å². The highest BCUT2D eigenvalue weighted by Gasteiger charge is 2.22. The number of rotatable bonds is 6. The van der Waals surface area contributed by atoms with E-state index in [-0.39, 0.29) is 5.56 Å². The van der Waals surface area contributed by atoms with Gasteiger partial charge in [-0.2, -0.15) is 0 Å². The average Bonchev–Trinajstić information content (AvgIpc) is 2.92. The van der Waals surface area contributed by atoms with Gasteiger partial charge in [0.05, 0.1) is 32.1 Å². The van der Waals surface area contributed by atoms with Crippen molar-refractivity contribution in [3.05, 3.63) is 58.9 Å². The van der Waals surface area contributed by atoms with Crippen molar-refractivity contribution in [3.63, 3.8) is 0 Å². The second-order valence-corrected chi connectivity index (χ2v) is 11.2. The van der Waals surface area contributed by atoms with Crippen molar-refractivity contribution in [2.75, 3.05) is 75.9 Å². The molecule has 0 atom stereocenters. The molecule has 0 radical (unpaired) electrons. The lowest BCUT2D eigenvalue weighted by molar-refractivity contribution is 0.0398. The number of aromatic amines is 1. The molecule has 3 aliphatic rings. The Hall–Kier alpha value is -2.43. The third-order valence-corrected chi connectivity index (χ3v) is 9.31. The highest BCUT2D eigenvalue weighted by atomic mass is 32.2. The summed E-state index contributed by atoms with van der Waals surface area (Å²) in [4.78, 5) is 25.2. The highest BCUT2D eigenvalue weighted by Crippen LogP contribution is 2.52. The maximum Gasteiger partial charge on any atom is 0.250 e. The first-order valence-electron chi connectivity index (χ1n) is 12.5. The number of ether oxygens (including phenoxy) is 2. The molecule has 9 heteroatoms. The number of morpholine rings is 2. The van der Waals surface area contributed by atoms with Gasteiger partial charge < -0.3 is 24.7 Å². The van der Waals surface area contributed by atoms with Gasteiger partial charge in [0.25, 0.3) is 0 Å². The summed E-state index contributed by atoms with van der Waals surface area (Å²) in [5.41, 5.74) is 3.95. The topological polar surface area (TPSA) is 69.8 Å². The number of pyridine rings is 1. The zero-order chi connectivity index (χ0) is 24.3. The number of fused-ring (bicyclic) bond motifs is 2. The lowest BCUT2D eigenvalue weighted by Gasteiger charge is -2.29. The summed E-state index contributed by atoms with van der Waals surface area (Å²) in [6, 6.07) is 16.8. The van der Waals surface area contributed by atoms with E-state index in [9.17, 15) is 4.79 Å². The Kier molecular flexibility index (Phi) is 7.25. The lowest BCUT2D eigenvalue weighted by Crippen LogP contribution is -2.39. The third kappa shape index (κ3) is 5.31. The van der Waals surface area contributed by atoms with E-state index in [0.717, 1.165) is 75.1 Å². The maximum atomic E-state index is 12.6. The molecule has 1 aromatic heterocycles. The molecule has 2 fully saturated rings. The molecule has 2 saturated heterocycles. The molecule has 0 aliphatic carbocycles. The quantitative estimate of drug-likeness (QED) is 0.390. The summed E-state index contributed by atoms with van der Waals surface area (Å²) in [6.07, 6.45) is 0. The highest BCUT2D eigenvalue weighted by molar-refractivity contribution is 8.05. The van der Waals surface area contributed by atoms with Crippen LogP contribution in [0.2, 0.25) is 0 Å². The lowest BCUT2D eigenvalue weighted by atomic mass is 10.1. The van der Waals surface area contributed by atoms with Crippen LogP contribution in [0.15, 0.2) is 72.9 Å². The van der Waals surface area contributed by atoms with Crippen LogP contribution in [0, 0.1) is 0 Å². The Bertz CT molecular complexity index is 1290. The Balaban J connectivity index is 1.21. The fraction of sp³-hybridized carbons (Fsp3) is 0.370. The fourth-order valence-electron chi connectivity index (χ4n) is 4.79. The first kappa shape index (κ1) is 23.9. The minimum absolute atomic E-state index is 0.0757. The van der Waals surface area contributed by atoms with E-state index in [4.69, 9.17) is 9.47 Å². The fourth-order valence-corrected chi connectivity index (χ4v) is 7.20. The minimum atomic E-state index is -0.0757. The largest absolute Gasteiger partial charge is 0.384 e. The van der Waals surface area contributed by atoms with Gasteiger partial charge in [-0.3, -0.25) is 9.69 Å². The van der Waals surface area contributed by atoms with E-state index in [0.29, 0.717) is 13.2 Å². The number of hydrogen-bond acceptors (Lipinski definition) is 8. The number of hydrogen-bond donors (Lipinski definition) is 2. The molecule has 2 N–H and O–H groups in total. The molecule has 6 rings (SSSR count). The van der Waals surface area contributed by atoms with Gasteiger partial charge >= 0.3 is 0 Å². The molecule has 3 aliphatic heterocycles. The summed E-state index contributed by atoms with van der Waals surface area (Å²) in [7, 11) is 0. The van der Waals surface area contributed by atoms with Crippen LogP contribution in [-0.4, -0.2) is 75.6 Å². The van der Waals surface area contributed by atoms with Gasteiger partial charge in [-0.25, -0.2) is 0 Å². The van der Waals surface area contributed by atoms with Crippen molar-refractivity contribution in [3.8, 4) is 11.3 Å². The van der Waals surface area contributed by atoms with Crippen LogP contribution in [0.1, 0.15) is 0 Å². The van der Waals surface area contributed by atoms with Crippen LogP contribution in [0.25, 0.3) is 11.3 Å². The van der Waals surface area contributed by atoms with Gasteiger partial charge in [0.15, 0.2) is 0 Å². The van der Waals surface area contributed by atoms with Gasteiger partial charge in [-0.1, -0.05) is 35.7 Å². The molecule has 0 amide bonds. The predicted octanol–water partition coefficient (Wildman–Crippen LogP) is 4.24. The average molecular weight is 523 g/mol. The number of nitrogens with zero attached hydrogens (tertiary/aromatic N) is 2. The molecule has 36 heavy (non-hydrogen) atoms. The van der Waals surface area contributed by atoms with Crippen LogP contribution in [0.4, 0.5) is 11.4 Å². The summed E-state index contributed by atoms with van der Waals surface area (Å²) in [6.45, 7) is 8.62. The van der Waals surface area contributed by atoms with Crippen LogP contribution < -0.4 is 15.8 Å². The van der Waals surface area contributed by atoms with Crippen molar-refractivity contribution >= 4 is 34.9 Å². The van der Waals surface area contributed by atoms with E-state index < -0.39 is 0 Å². The number of benzene rings is 2. The third-order valence-electron chi connectivity index (χ3n) is 6.71.